The van der Waals surface area contributed by atoms with Crippen LogP contribution in [0.15, 0.2) is 59.5 Å². The first-order valence-electron chi connectivity index (χ1n) is 8.46. The standard InChI is InChI=1S/C19H22N2O4S/c1-25-17-9-7-16(8-10-17)15-19(22)20-11-13-21(14-12-20)26(23,24)18-5-3-2-4-6-18/h2-10H,11-15H2,1H3. The number of hydrogen-bond acceptors (Lipinski definition) is 4. The number of carbonyl (C=O) groups is 1. The van der Waals surface area contributed by atoms with Crippen molar-refractivity contribution >= 4 is 15.9 Å². The molecule has 1 amide bonds. The third kappa shape index (κ3) is 4.05. The van der Waals surface area contributed by atoms with Gasteiger partial charge in [0.15, 0.2) is 0 Å². The Morgan fingerprint density at radius 3 is 2.15 bits per heavy atom. The fourth-order valence-corrected chi connectivity index (χ4v) is 4.39. The molecule has 7 heteroatoms. The highest BCUT2D eigenvalue weighted by Crippen LogP contribution is 2.18. The molecule has 0 N–H and O–H groups in total. The van der Waals surface area contributed by atoms with Crippen molar-refractivity contribution in [2.45, 2.75) is 11.3 Å². The highest BCUT2D eigenvalue weighted by Gasteiger charge is 2.29. The molecule has 138 valence electrons. The highest BCUT2D eigenvalue weighted by atomic mass is 32.2. The van der Waals surface area contributed by atoms with Crippen LogP contribution in [0.1, 0.15) is 5.56 Å². The van der Waals surface area contributed by atoms with Gasteiger partial charge in [0.1, 0.15) is 5.75 Å². The van der Waals surface area contributed by atoms with E-state index < -0.39 is 10.0 Å². The molecule has 1 fully saturated rings. The maximum atomic E-state index is 12.6. The molecule has 3 rings (SSSR count). The summed E-state index contributed by atoms with van der Waals surface area (Å²) in [5.74, 6) is 0.757. The monoisotopic (exact) mass is 374 g/mol. The van der Waals surface area contributed by atoms with Crippen LogP contribution in [0, 0.1) is 0 Å². The number of piperazine rings is 1. The Hall–Kier alpha value is -2.38. The molecule has 0 spiro atoms. The Morgan fingerprint density at radius 1 is 0.962 bits per heavy atom. The van der Waals surface area contributed by atoms with Crippen molar-refractivity contribution in [3.8, 4) is 5.75 Å². The van der Waals surface area contributed by atoms with E-state index in [1.165, 1.54) is 4.31 Å². The van der Waals surface area contributed by atoms with Crippen molar-refractivity contribution in [3.05, 3.63) is 60.2 Å². The van der Waals surface area contributed by atoms with Crippen LogP contribution in [0.3, 0.4) is 0 Å². The number of benzene rings is 2. The molecule has 0 aliphatic carbocycles. The number of amides is 1. The predicted octanol–water partition coefficient (Wildman–Crippen LogP) is 1.77. The summed E-state index contributed by atoms with van der Waals surface area (Å²) in [5, 5.41) is 0. The number of carbonyl (C=O) groups excluding carboxylic acids is 1. The fourth-order valence-electron chi connectivity index (χ4n) is 2.95. The van der Waals surface area contributed by atoms with Gasteiger partial charge in [-0.1, -0.05) is 30.3 Å². The zero-order chi connectivity index (χ0) is 18.6. The zero-order valence-electron chi connectivity index (χ0n) is 14.7. The van der Waals surface area contributed by atoms with E-state index in [4.69, 9.17) is 4.74 Å². The minimum absolute atomic E-state index is 0.00641. The first-order chi connectivity index (χ1) is 12.5. The van der Waals surface area contributed by atoms with E-state index in [0.29, 0.717) is 32.6 Å². The van der Waals surface area contributed by atoms with Crippen molar-refractivity contribution in [3.63, 3.8) is 0 Å². The second kappa shape index (κ2) is 7.88. The summed E-state index contributed by atoms with van der Waals surface area (Å²) < 4.78 is 31.8. The Kier molecular flexibility index (Phi) is 5.58. The second-order valence-electron chi connectivity index (χ2n) is 6.12. The third-order valence-electron chi connectivity index (χ3n) is 4.49. The Morgan fingerprint density at radius 2 is 1.58 bits per heavy atom. The summed E-state index contributed by atoms with van der Waals surface area (Å²) in [6.45, 7) is 1.43. The number of hydrogen-bond donors (Lipinski definition) is 0. The number of nitrogens with zero attached hydrogens (tertiary/aromatic N) is 2. The van der Waals surface area contributed by atoms with Gasteiger partial charge in [-0.05, 0) is 29.8 Å². The summed E-state index contributed by atoms with van der Waals surface area (Å²) in [6, 6.07) is 15.8. The van der Waals surface area contributed by atoms with Crippen LogP contribution in [0.4, 0.5) is 0 Å². The molecule has 0 atom stereocenters. The number of sulfonamides is 1. The van der Waals surface area contributed by atoms with Gasteiger partial charge in [0.25, 0.3) is 0 Å². The third-order valence-corrected chi connectivity index (χ3v) is 6.40. The molecule has 6 nitrogen and oxygen atoms in total. The van der Waals surface area contributed by atoms with Crippen molar-refractivity contribution in [1.82, 2.24) is 9.21 Å². The Bertz CT molecular complexity index is 843. The van der Waals surface area contributed by atoms with Crippen LogP contribution in [0.25, 0.3) is 0 Å². The van der Waals surface area contributed by atoms with Gasteiger partial charge in [0.05, 0.1) is 18.4 Å². The van der Waals surface area contributed by atoms with Gasteiger partial charge in [0.2, 0.25) is 15.9 Å². The van der Waals surface area contributed by atoms with Crippen LogP contribution in [-0.2, 0) is 21.2 Å². The van der Waals surface area contributed by atoms with E-state index in [1.807, 2.05) is 24.3 Å². The summed E-state index contributed by atoms with van der Waals surface area (Å²) in [6.07, 6.45) is 0.301. The lowest BCUT2D eigenvalue weighted by Gasteiger charge is -2.34. The molecule has 2 aromatic carbocycles. The molecule has 1 saturated heterocycles. The van der Waals surface area contributed by atoms with E-state index in [9.17, 15) is 13.2 Å². The molecule has 1 aliphatic rings. The van der Waals surface area contributed by atoms with E-state index in [1.54, 1.807) is 42.3 Å². The molecule has 0 unspecified atom stereocenters. The maximum Gasteiger partial charge on any atom is 0.243 e. The van der Waals surface area contributed by atoms with Crippen molar-refractivity contribution < 1.29 is 17.9 Å². The number of ether oxygens (including phenoxy) is 1. The van der Waals surface area contributed by atoms with E-state index in [2.05, 4.69) is 0 Å². The van der Waals surface area contributed by atoms with Gasteiger partial charge in [-0.15, -0.1) is 0 Å². The maximum absolute atomic E-state index is 12.6. The van der Waals surface area contributed by atoms with Crippen LogP contribution in [0.2, 0.25) is 0 Å². The molecule has 2 aromatic rings. The molecule has 0 saturated carbocycles. The van der Waals surface area contributed by atoms with E-state index in [-0.39, 0.29) is 10.8 Å². The lowest BCUT2D eigenvalue weighted by molar-refractivity contribution is -0.131. The van der Waals surface area contributed by atoms with E-state index in [0.717, 1.165) is 11.3 Å². The largest absolute Gasteiger partial charge is 0.497 e. The molecule has 0 aromatic heterocycles. The highest BCUT2D eigenvalue weighted by molar-refractivity contribution is 7.89. The SMILES string of the molecule is COc1ccc(CC(=O)N2CCN(S(=O)(=O)c3ccccc3)CC2)cc1. The number of methoxy groups -OCH3 is 1. The molecular formula is C19H22N2O4S. The first kappa shape index (κ1) is 18.4. The first-order valence-corrected chi connectivity index (χ1v) is 9.90. The van der Waals surface area contributed by atoms with Crippen LogP contribution < -0.4 is 4.74 Å². The summed E-state index contributed by atoms with van der Waals surface area (Å²) in [5.41, 5.74) is 0.912. The Balaban J connectivity index is 1.58. The minimum atomic E-state index is -3.50. The van der Waals surface area contributed by atoms with Gasteiger partial charge in [-0.3, -0.25) is 4.79 Å². The van der Waals surface area contributed by atoms with E-state index >= 15 is 0 Å². The lowest BCUT2D eigenvalue weighted by Crippen LogP contribution is -2.50. The molecule has 1 aliphatic heterocycles. The molecular weight excluding hydrogens is 352 g/mol. The van der Waals surface area contributed by atoms with Crippen molar-refractivity contribution in [1.29, 1.82) is 0 Å². The fraction of sp³-hybridized carbons (Fsp3) is 0.316. The van der Waals surface area contributed by atoms with Crippen LogP contribution in [-0.4, -0.2) is 56.8 Å². The summed E-state index contributed by atoms with van der Waals surface area (Å²) in [7, 11) is -1.90. The van der Waals surface area contributed by atoms with Gasteiger partial charge in [0, 0.05) is 26.2 Å². The summed E-state index contributed by atoms with van der Waals surface area (Å²) >= 11 is 0. The topological polar surface area (TPSA) is 66.9 Å². The molecule has 0 bridgehead atoms. The van der Waals surface area contributed by atoms with Gasteiger partial charge < -0.3 is 9.64 Å². The second-order valence-corrected chi connectivity index (χ2v) is 8.06. The van der Waals surface area contributed by atoms with Crippen LogP contribution >= 0.6 is 0 Å². The Labute approximate surface area is 154 Å². The normalized spacial score (nSPS) is 15.7. The van der Waals surface area contributed by atoms with Crippen LogP contribution in [0.5, 0.6) is 5.75 Å². The van der Waals surface area contributed by atoms with Crippen molar-refractivity contribution in [2.75, 3.05) is 33.3 Å². The molecule has 26 heavy (non-hydrogen) atoms. The molecule has 0 radical (unpaired) electrons. The van der Waals surface area contributed by atoms with Gasteiger partial charge >= 0.3 is 0 Å². The number of rotatable bonds is 5. The van der Waals surface area contributed by atoms with Gasteiger partial charge in [-0.2, -0.15) is 4.31 Å². The lowest BCUT2D eigenvalue weighted by atomic mass is 10.1. The van der Waals surface area contributed by atoms with Gasteiger partial charge in [-0.25, -0.2) is 8.42 Å². The molecule has 1 heterocycles. The minimum Gasteiger partial charge on any atom is -0.497 e. The van der Waals surface area contributed by atoms with Crippen molar-refractivity contribution in [2.24, 2.45) is 0 Å². The average molecular weight is 374 g/mol. The average Bonchev–Trinajstić information content (AvgIpc) is 2.69. The predicted molar refractivity (Wildman–Crippen MR) is 98.5 cm³/mol. The zero-order valence-corrected chi connectivity index (χ0v) is 15.5. The quantitative estimate of drug-likeness (QED) is 0.800. The smallest absolute Gasteiger partial charge is 0.243 e. The summed E-state index contributed by atoms with van der Waals surface area (Å²) in [4.78, 5) is 14.5.